The number of carbonyl (C=O) groups is 1. The highest BCUT2D eigenvalue weighted by Gasteiger charge is 2.11. The van der Waals surface area contributed by atoms with E-state index in [0.717, 1.165) is 11.3 Å². The first-order valence-electron chi connectivity index (χ1n) is 6.44. The zero-order chi connectivity index (χ0) is 13.5. The highest BCUT2D eigenvalue weighted by Crippen LogP contribution is 2.27. The van der Waals surface area contributed by atoms with Crippen molar-refractivity contribution in [2.45, 2.75) is 24.2 Å². The van der Waals surface area contributed by atoms with Crippen molar-refractivity contribution in [1.29, 1.82) is 0 Å². The van der Waals surface area contributed by atoms with Gasteiger partial charge in [-0.3, -0.25) is 9.63 Å². The summed E-state index contributed by atoms with van der Waals surface area (Å²) in [6.07, 6.45) is 3.60. The lowest BCUT2D eigenvalue weighted by Crippen LogP contribution is -2.26. The van der Waals surface area contributed by atoms with Gasteiger partial charge in [-0.05, 0) is 42.5 Å². The Hall–Kier alpha value is -1.04. The van der Waals surface area contributed by atoms with Gasteiger partial charge >= 0.3 is 0 Å². The normalized spacial score (nSPS) is 13.3. The lowest BCUT2D eigenvalue weighted by Gasteiger charge is -2.06. The zero-order valence-electron chi connectivity index (χ0n) is 11.1. The first kappa shape index (κ1) is 14.4. The number of rotatable bonds is 7. The molecule has 1 N–H and O–H groups in total. The second kappa shape index (κ2) is 7.53. The van der Waals surface area contributed by atoms with E-state index in [4.69, 9.17) is 9.57 Å². The van der Waals surface area contributed by atoms with Crippen molar-refractivity contribution in [2.24, 2.45) is 0 Å². The standard InChI is InChI=1S/C14H19NO3S/c1-17-7-8-18-15-14(16)10-19-13-6-5-11-3-2-4-12(11)9-13/h5-6,9H,2-4,7-8,10H2,1H3,(H,15,16). The number of hydrogen-bond acceptors (Lipinski definition) is 4. The average molecular weight is 281 g/mol. The molecule has 1 aliphatic rings. The number of nitrogens with one attached hydrogen (secondary N) is 1. The minimum atomic E-state index is -0.124. The van der Waals surface area contributed by atoms with E-state index >= 15 is 0 Å². The highest BCUT2D eigenvalue weighted by atomic mass is 32.2. The van der Waals surface area contributed by atoms with Crippen LogP contribution >= 0.6 is 11.8 Å². The Morgan fingerprint density at radius 2 is 2.16 bits per heavy atom. The van der Waals surface area contributed by atoms with Gasteiger partial charge in [0.15, 0.2) is 0 Å². The average Bonchev–Trinajstić information content (AvgIpc) is 2.89. The largest absolute Gasteiger partial charge is 0.382 e. The van der Waals surface area contributed by atoms with Gasteiger partial charge in [0.25, 0.3) is 5.91 Å². The monoisotopic (exact) mass is 281 g/mol. The molecule has 0 spiro atoms. The number of benzene rings is 1. The maximum absolute atomic E-state index is 11.5. The predicted molar refractivity (Wildman–Crippen MR) is 75.2 cm³/mol. The summed E-state index contributed by atoms with van der Waals surface area (Å²) in [5, 5.41) is 0. The molecule has 1 aliphatic carbocycles. The Kier molecular flexibility index (Phi) is 5.69. The smallest absolute Gasteiger partial charge is 0.253 e. The molecule has 5 heteroatoms. The molecule has 0 fully saturated rings. The van der Waals surface area contributed by atoms with Gasteiger partial charge in [-0.25, -0.2) is 5.48 Å². The first-order valence-corrected chi connectivity index (χ1v) is 7.42. The van der Waals surface area contributed by atoms with Crippen molar-refractivity contribution in [2.75, 3.05) is 26.1 Å². The van der Waals surface area contributed by atoms with E-state index in [-0.39, 0.29) is 5.91 Å². The van der Waals surface area contributed by atoms with Crippen molar-refractivity contribution in [3.8, 4) is 0 Å². The Morgan fingerprint density at radius 3 is 3.00 bits per heavy atom. The minimum Gasteiger partial charge on any atom is -0.382 e. The zero-order valence-corrected chi connectivity index (χ0v) is 11.9. The van der Waals surface area contributed by atoms with Crippen LogP contribution in [0, 0.1) is 0 Å². The van der Waals surface area contributed by atoms with Crippen LogP contribution in [-0.4, -0.2) is 32.0 Å². The van der Waals surface area contributed by atoms with Crippen LogP contribution in [0.3, 0.4) is 0 Å². The van der Waals surface area contributed by atoms with Crippen LogP contribution in [0.1, 0.15) is 17.5 Å². The van der Waals surface area contributed by atoms with Gasteiger partial charge in [-0.15, -0.1) is 11.8 Å². The van der Waals surface area contributed by atoms with Crippen LogP contribution in [0.4, 0.5) is 0 Å². The fourth-order valence-corrected chi connectivity index (χ4v) is 2.82. The van der Waals surface area contributed by atoms with Gasteiger partial charge in [-0.1, -0.05) is 6.07 Å². The molecule has 0 atom stereocenters. The van der Waals surface area contributed by atoms with E-state index in [0.29, 0.717) is 19.0 Å². The SMILES string of the molecule is COCCONC(=O)CSc1ccc2c(c1)CCC2. The second-order valence-corrected chi connectivity index (χ2v) is 5.49. The lowest BCUT2D eigenvalue weighted by atomic mass is 10.1. The Bertz CT molecular complexity index is 437. The van der Waals surface area contributed by atoms with E-state index in [1.54, 1.807) is 7.11 Å². The quantitative estimate of drug-likeness (QED) is 0.471. The highest BCUT2D eigenvalue weighted by molar-refractivity contribution is 8.00. The number of fused-ring (bicyclic) bond motifs is 1. The molecule has 0 saturated heterocycles. The van der Waals surface area contributed by atoms with Gasteiger partial charge in [0.1, 0.15) is 0 Å². The molecule has 104 valence electrons. The second-order valence-electron chi connectivity index (χ2n) is 4.44. The Labute approximate surface area is 117 Å². The van der Waals surface area contributed by atoms with Crippen molar-refractivity contribution < 1.29 is 14.4 Å². The summed E-state index contributed by atoms with van der Waals surface area (Å²) in [7, 11) is 1.59. The molecule has 0 aromatic heterocycles. The van der Waals surface area contributed by atoms with Gasteiger partial charge in [0.05, 0.1) is 19.0 Å². The molecule has 0 saturated carbocycles. The van der Waals surface area contributed by atoms with E-state index < -0.39 is 0 Å². The molecule has 1 aromatic rings. The van der Waals surface area contributed by atoms with Crippen molar-refractivity contribution in [3.05, 3.63) is 29.3 Å². The lowest BCUT2D eigenvalue weighted by molar-refractivity contribution is -0.131. The van der Waals surface area contributed by atoms with Gasteiger partial charge in [0, 0.05) is 12.0 Å². The molecule has 1 aromatic carbocycles. The number of amides is 1. The van der Waals surface area contributed by atoms with Crippen molar-refractivity contribution >= 4 is 17.7 Å². The summed E-state index contributed by atoms with van der Waals surface area (Å²) < 4.78 is 4.81. The van der Waals surface area contributed by atoms with Crippen LogP contribution in [-0.2, 0) is 27.2 Å². The summed E-state index contributed by atoms with van der Waals surface area (Å²) in [5.41, 5.74) is 5.29. The third kappa shape index (κ3) is 4.53. The number of carbonyl (C=O) groups excluding carboxylic acids is 1. The maximum Gasteiger partial charge on any atom is 0.253 e. The van der Waals surface area contributed by atoms with Gasteiger partial charge in [0.2, 0.25) is 0 Å². The molecule has 0 aliphatic heterocycles. The number of methoxy groups -OCH3 is 1. The molecule has 0 bridgehead atoms. The molecular formula is C14H19NO3S. The van der Waals surface area contributed by atoms with Crippen molar-refractivity contribution in [1.82, 2.24) is 5.48 Å². The Morgan fingerprint density at radius 1 is 1.32 bits per heavy atom. The summed E-state index contributed by atoms with van der Waals surface area (Å²) in [6.45, 7) is 0.837. The molecule has 2 rings (SSSR count). The number of hydroxylamine groups is 1. The summed E-state index contributed by atoms with van der Waals surface area (Å²) in [5.74, 6) is 0.243. The predicted octanol–water partition coefficient (Wildman–Crippen LogP) is 1.96. The van der Waals surface area contributed by atoms with Crippen LogP contribution in [0.2, 0.25) is 0 Å². The minimum absolute atomic E-state index is 0.124. The summed E-state index contributed by atoms with van der Waals surface area (Å²) in [4.78, 5) is 17.6. The molecule has 0 heterocycles. The number of hydrogen-bond donors (Lipinski definition) is 1. The summed E-state index contributed by atoms with van der Waals surface area (Å²) >= 11 is 1.54. The molecule has 19 heavy (non-hydrogen) atoms. The third-order valence-electron chi connectivity index (χ3n) is 3.02. The van der Waals surface area contributed by atoms with E-state index in [9.17, 15) is 4.79 Å². The van der Waals surface area contributed by atoms with E-state index in [1.807, 2.05) is 0 Å². The van der Waals surface area contributed by atoms with Crippen LogP contribution in [0.5, 0.6) is 0 Å². The van der Waals surface area contributed by atoms with Gasteiger partial charge < -0.3 is 4.74 Å². The number of aryl methyl sites for hydroxylation is 2. The third-order valence-corrected chi connectivity index (χ3v) is 4.01. The molecule has 0 unspecified atom stereocenters. The molecular weight excluding hydrogens is 262 g/mol. The summed E-state index contributed by atoms with van der Waals surface area (Å²) in [6, 6.07) is 6.47. The molecule has 0 radical (unpaired) electrons. The molecule has 1 amide bonds. The van der Waals surface area contributed by atoms with Crippen LogP contribution in [0.25, 0.3) is 0 Å². The topological polar surface area (TPSA) is 47.6 Å². The maximum atomic E-state index is 11.5. The Balaban J connectivity index is 1.71. The van der Waals surface area contributed by atoms with Crippen molar-refractivity contribution in [3.63, 3.8) is 0 Å². The van der Waals surface area contributed by atoms with E-state index in [2.05, 4.69) is 23.7 Å². The van der Waals surface area contributed by atoms with Crippen LogP contribution < -0.4 is 5.48 Å². The number of ether oxygens (including phenoxy) is 1. The fourth-order valence-electron chi connectivity index (χ4n) is 2.07. The van der Waals surface area contributed by atoms with E-state index in [1.165, 1.54) is 35.7 Å². The molecule has 4 nitrogen and oxygen atoms in total. The fraction of sp³-hybridized carbons (Fsp3) is 0.500. The number of thioether (sulfide) groups is 1. The first-order chi connectivity index (χ1) is 9.29. The van der Waals surface area contributed by atoms with Gasteiger partial charge in [-0.2, -0.15) is 0 Å². The van der Waals surface area contributed by atoms with Crippen LogP contribution in [0.15, 0.2) is 23.1 Å².